The van der Waals surface area contributed by atoms with Crippen molar-refractivity contribution in [2.75, 3.05) is 13.2 Å². The van der Waals surface area contributed by atoms with Crippen molar-refractivity contribution in [1.82, 2.24) is 9.88 Å². The Morgan fingerprint density at radius 1 is 1.13 bits per heavy atom. The summed E-state index contributed by atoms with van der Waals surface area (Å²) >= 11 is 1.24. The molecule has 2 aromatic carbocycles. The monoisotopic (exact) mass is 436 g/mol. The van der Waals surface area contributed by atoms with Gasteiger partial charge in [-0.3, -0.25) is 4.90 Å². The molecule has 1 aliphatic rings. The molecule has 0 aliphatic heterocycles. The Labute approximate surface area is 185 Å². The van der Waals surface area contributed by atoms with Crippen LogP contribution in [0.3, 0.4) is 0 Å². The number of benzene rings is 2. The molecule has 6 nitrogen and oxygen atoms in total. The van der Waals surface area contributed by atoms with E-state index < -0.39 is 18.1 Å². The molecule has 31 heavy (non-hydrogen) atoms. The van der Waals surface area contributed by atoms with Crippen molar-refractivity contribution in [2.24, 2.45) is 0 Å². The topological polar surface area (TPSA) is 79.7 Å². The van der Waals surface area contributed by atoms with Gasteiger partial charge in [-0.1, -0.05) is 55.5 Å². The van der Waals surface area contributed by atoms with Crippen LogP contribution in [0, 0.1) is 6.92 Å². The van der Waals surface area contributed by atoms with Crippen molar-refractivity contribution < 1.29 is 19.4 Å². The van der Waals surface area contributed by atoms with Gasteiger partial charge >= 0.3 is 12.1 Å². The van der Waals surface area contributed by atoms with Gasteiger partial charge in [0.2, 0.25) is 0 Å². The molecule has 1 unspecified atom stereocenters. The van der Waals surface area contributed by atoms with Crippen LogP contribution in [0.5, 0.6) is 0 Å². The lowest BCUT2D eigenvalue weighted by atomic mass is 9.98. The maximum Gasteiger partial charge on any atom is 0.410 e. The summed E-state index contributed by atoms with van der Waals surface area (Å²) in [5.74, 6) is -1.19. The third kappa shape index (κ3) is 4.05. The van der Waals surface area contributed by atoms with E-state index in [0.29, 0.717) is 11.4 Å². The summed E-state index contributed by atoms with van der Waals surface area (Å²) < 4.78 is 5.71. The van der Waals surface area contributed by atoms with Gasteiger partial charge in [0.15, 0.2) is 6.04 Å². The summed E-state index contributed by atoms with van der Waals surface area (Å²) in [6.45, 7) is 4.12. The van der Waals surface area contributed by atoms with Gasteiger partial charge in [0, 0.05) is 23.5 Å². The van der Waals surface area contributed by atoms with Crippen molar-refractivity contribution in [3.8, 4) is 11.1 Å². The van der Waals surface area contributed by atoms with Crippen LogP contribution in [0.25, 0.3) is 11.1 Å². The van der Waals surface area contributed by atoms with Crippen molar-refractivity contribution in [2.45, 2.75) is 32.2 Å². The van der Waals surface area contributed by atoms with Crippen LogP contribution in [-0.2, 0) is 9.53 Å². The number of ether oxygens (including phenoxy) is 1. The fraction of sp³-hybridized carbons (Fsp3) is 0.292. The molecule has 0 fully saturated rings. The predicted octanol–water partition coefficient (Wildman–Crippen LogP) is 5.24. The van der Waals surface area contributed by atoms with Gasteiger partial charge in [0.05, 0.1) is 0 Å². The normalized spacial score (nSPS) is 13.4. The second-order valence-electron chi connectivity index (χ2n) is 7.57. The van der Waals surface area contributed by atoms with E-state index in [1.807, 2.05) is 31.2 Å². The van der Waals surface area contributed by atoms with Crippen LogP contribution in [0.1, 0.15) is 47.1 Å². The predicted molar refractivity (Wildman–Crippen MR) is 119 cm³/mol. The molecular formula is C24H24N2O4S. The molecule has 0 saturated heterocycles. The minimum Gasteiger partial charge on any atom is -0.479 e. The number of carbonyl (C=O) groups excluding carboxylic acids is 1. The Morgan fingerprint density at radius 2 is 1.74 bits per heavy atom. The van der Waals surface area contributed by atoms with E-state index in [4.69, 9.17) is 4.74 Å². The Morgan fingerprint density at radius 3 is 2.26 bits per heavy atom. The SMILES string of the molecule is CCCN(C(=O)OCC1c2ccccc2-c2ccccc21)C(C(=O)O)c1nc(C)cs1. The number of fused-ring (bicyclic) bond motifs is 3. The summed E-state index contributed by atoms with van der Waals surface area (Å²) in [6, 6.07) is 15.1. The van der Waals surface area contributed by atoms with Gasteiger partial charge in [-0.25, -0.2) is 14.6 Å². The Bertz CT molecular complexity index is 1060. The Hall–Kier alpha value is -3.19. The third-order valence-corrected chi connectivity index (χ3v) is 6.47. The lowest BCUT2D eigenvalue weighted by Crippen LogP contribution is -2.40. The Kier molecular flexibility index (Phi) is 6.04. The fourth-order valence-corrected chi connectivity index (χ4v) is 5.01. The second-order valence-corrected chi connectivity index (χ2v) is 8.45. The standard InChI is InChI=1S/C24H24N2O4S/c1-3-12-26(21(23(27)28)22-25-15(2)14-31-22)24(29)30-13-20-18-10-6-4-8-16(18)17-9-5-7-11-19(17)20/h4-11,14,20-21H,3,12-13H2,1-2H3,(H,27,28). The molecule has 0 saturated carbocycles. The van der Waals surface area contributed by atoms with Gasteiger partial charge in [-0.15, -0.1) is 11.3 Å². The fourth-order valence-electron chi connectivity index (χ4n) is 4.11. The molecule has 7 heteroatoms. The lowest BCUT2D eigenvalue weighted by Gasteiger charge is -2.27. The first-order valence-corrected chi connectivity index (χ1v) is 11.2. The van der Waals surface area contributed by atoms with Crippen molar-refractivity contribution in [3.63, 3.8) is 0 Å². The number of aryl methyl sites for hydroxylation is 1. The average molecular weight is 437 g/mol. The molecule has 1 atom stereocenters. The number of nitrogens with zero attached hydrogens (tertiary/aromatic N) is 2. The van der Waals surface area contributed by atoms with Crippen LogP contribution < -0.4 is 0 Å². The quantitative estimate of drug-likeness (QED) is 0.548. The van der Waals surface area contributed by atoms with Crippen LogP contribution in [0.2, 0.25) is 0 Å². The van der Waals surface area contributed by atoms with Crippen molar-refractivity contribution in [1.29, 1.82) is 0 Å². The van der Waals surface area contributed by atoms with Gasteiger partial charge in [0.25, 0.3) is 0 Å². The van der Waals surface area contributed by atoms with Gasteiger partial charge in [-0.2, -0.15) is 0 Å². The summed E-state index contributed by atoms with van der Waals surface area (Å²) in [7, 11) is 0. The van der Waals surface area contributed by atoms with E-state index in [9.17, 15) is 14.7 Å². The molecule has 1 N–H and O–H groups in total. The molecule has 1 amide bonds. The lowest BCUT2D eigenvalue weighted by molar-refractivity contribution is -0.143. The summed E-state index contributed by atoms with van der Waals surface area (Å²) in [5.41, 5.74) is 5.25. The average Bonchev–Trinajstić information content (AvgIpc) is 3.33. The van der Waals surface area contributed by atoms with Crippen LogP contribution >= 0.6 is 11.3 Å². The zero-order chi connectivity index (χ0) is 22.0. The third-order valence-electron chi connectivity index (χ3n) is 5.45. The van der Waals surface area contributed by atoms with E-state index in [1.165, 1.54) is 16.2 Å². The number of carbonyl (C=O) groups is 2. The number of carboxylic acids is 1. The molecule has 1 aromatic heterocycles. The van der Waals surface area contributed by atoms with E-state index >= 15 is 0 Å². The summed E-state index contributed by atoms with van der Waals surface area (Å²) in [4.78, 5) is 30.7. The molecule has 3 aromatic rings. The van der Waals surface area contributed by atoms with Crippen LogP contribution in [-0.4, -0.2) is 40.2 Å². The number of hydrogen-bond acceptors (Lipinski definition) is 5. The van der Waals surface area contributed by atoms with Crippen LogP contribution in [0.4, 0.5) is 4.79 Å². The van der Waals surface area contributed by atoms with Gasteiger partial charge in [0.1, 0.15) is 11.6 Å². The molecule has 1 heterocycles. The first kappa shape index (κ1) is 21.1. The number of carboxylic acid groups (broad SMARTS) is 1. The molecule has 1 aliphatic carbocycles. The highest BCUT2D eigenvalue weighted by Crippen LogP contribution is 2.44. The van der Waals surface area contributed by atoms with E-state index in [0.717, 1.165) is 27.9 Å². The maximum absolute atomic E-state index is 13.1. The first-order valence-electron chi connectivity index (χ1n) is 10.3. The molecule has 0 spiro atoms. The second kappa shape index (κ2) is 8.89. The number of thiazole rings is 1. The van der Waals surface area contributed by atoms with Crippen molar-refractivity contribution in [3.05, 3.63) is 75.7 Å². The van der Waals surface area contributed by atoms with E-state index in [1.54, 1.807) is 12.3 Å². The highest BCUT2D eigenvalue weighted by atomic mass is 32.1. The number of hydrogen-bond donors (Lipinski definition) is 1. The zero-order valence-electron chi connectivity index (χ0n) is 17.4. The molecular weight excluding hydrogens is 412 g/mol. The Balaban J connectivity index is 1.57. The number of aromatic nitrogens is 1. The highest BCUT2D eigenvalue weighted by molar-refractivity contribution is 7.09. The summed E-state index contributed by atoms with van der Waals surface area (Å²) in [6.07, 6.45) is -0.0258. The largest absolute Gasteiger partial charge is 0.479 e. The maximum atomic E-state index is 13.1. The number of aliphatic carboxylic acids is 1. The van der Waals surface area contributed by atoms with Crippen LogP contribution in [0.15, 0.2) is 53.9 Å². The molecule has 4 rings (SSSR count). The number of amides is 1. The minimum atomic E-state index is -1.16. The first-order chi connectivity index (χ1) is 15.0. The minimum absolute atomic E-state index is 0.0785. The summed E-state index contributed by atoms with van der Waals surface area (Å²) in [5, 5.41) is 12.0. The molecule has 160 valence electrons. The number of rotatable bonds is 7. The van der Waals surface area contributed by atoms with Gasteiger partial charge in [-0.05, 0) is 35.6 Å². The van der Waals surface area contributed by atoms with Crippen molar-refractivity contribution >= 4 is 23.4 Å². The van der Waals surface area contributed by atoms with Gasteiger partial charge < -0.3 is 9.84 Å². The highest BCUT2D eigenvalue weighted by Gasteiger charge is 2.35. The zero-order valence-corrected chi connectivity index (χ0v) is 18.3. The smallest absolute Gasteiger partial charge is 0.410 e. The molecule has 0 radical (unpaired) electrons. The van der Waals surface area contributed by atoms with E-state index in [-0.39, 0.29) is 19.1 Å². The molecule has 0 bridgehead atoms. The van der Waals surface area contributed by atoms with E-state index in [2.05, 4.69) is 29.2 Å².